The fourth-order valence-corrected chi connectivity index (χ4v) is 6.42. The van der Waals surface area contributed by atoms with Gasteiger partial charge in [0.15, 0.2) is 0 Å². The van der Waals surface area contributed by atoms with Gasteiger partial charge in [-0.3, -0.25) is 4.79 Å². The second-order valence-electron chi connectivity index (χ2n) is 12.1. The maximum Gasteiger partial charge on any atom is 0.416 e. The smallest absolute Gasteiger partial charge is 0.416 e. The number of carboxylic acid groups (broad SMARTS) is 1. The van der Waals surface area contributed by atoms with Crippen molar-refractivity contribution in [3.8, 4) is 0 Å². The number of hydrogen-bond donors (Lipinski definition) is 2. The molecule has 12 heteroatoms. The van der Waals surface area contributed by atoms with Gasteiger partial charge in [-0.15, -0.1) is 0 Å². The minimum absolute atomic E-state index is 0.0597. The summed E-state index contributed by atoms with van der Waals surface area (Å²) < 4.78 is 46.0. The number of carboxylic acids is 1. The van der Waals surface area contributed by atoms with Crippen LogP contribution >= 0.6 is 0 Å². The van der Waals surface area contributed by atoms with Crippen LogP contribution in [0.1, 0.15) is 56.5 Å². The standard InChI is InChI=1S/C30H37F3N4O5/c1-17-14-20(30(31,32)33)15-21(34-17)35-23-22(29(2,3)4)25(27(39)40)37(24(23)18-10-7-6-8-11-18)26(38)19-12-9-13-36(16-19)28(41)42-5/h6-8,10-11,14-15,19,22-25H,9,12-13,16H2,1-5H3,(H,34,35)(H,39,40)/t19-,22?,23?,24?,25?/m1/s1. The summed E-state index contributed by atoms with van der Waals surface area (Å²) in [4.78, 5) is 46.8. The second-order valence-corrected chi connectivity index (χ2v) is 12.1. The SMILES string of the molecule is COC(=O)N1CCC[C@@H](C(=O)N2C(C(=O)O)C(C(C)(C)C)C(Nc3cc(C(F)(F)F)cc(C)n3)C2c2ccccc2)C1. The third kappa shape index (κ3) is 6.32. The van der Waals surface area contributed by atoms with E-state index in [0.717, 1.165) is 12.1 Å². The van der Waals surface area contributed by atoms with Gasteiger partial charge in [0.25, 0.3) is 0 Å². The number of piperidine rings is 1. The van der Waals surface area contributed by atoms with Crippen LogP contribution in [-0.4, -0.2) is 70.1 Å². The Hall–Kier alpha value is -3.83. The van der Waals surface area contributed by atoms with Gasteiger partial charge in [0.05, 0.1) is 30.7 Å². The molecule has 0 saturated carbocycles. The summed E-state index contributed by atoms with van der Waals surface area (Å²) in [6, 6.07) is 7.75. The number of likely N-dealkylation sites (tertiary alicyclic amines) is 2. The Morgan fingerprint density at radius 2 is 1.76 bits per heavy atom. The first-order chi connectivity index (χ1) is 19.6. The van der Waals surface area contributed by atoms with Crippen molar-refractivity contribution in [3.63, 3.8) is 0 Å². The molecule has 42 heavy (non-hydrogen) atoms. The molecule has 2 saturated heterocycles. The summed E-state index contributed by atoms with van der Waals surface area (Å²) in [5, 5.41) is 13.8. The largest absolute Gasteiger partial charge is 0.480 e. The van der Waals surface area contributed by atoms with Gasteiger partial charge in [0.1, 0.15) is 11.9 Å². The lowest BCUT2D eigenvalue weighted by atomic mass is 9.72. The van der Waals surface area contributed by atoms with Crippen LogP contribution in [0.15, 0.2) is 42.5 Å². The quantitative estimate of drug-likeness (QED) is 0.482. The normalized spacial score (nSPS) is 24.8. The Morgan fingerprint density at radius 1 is 1.10 bits per heavy atom. The third-order valence-electron chi connectivity index (χ3n) is 8.11. The van der Waals surface area contributed by atoms with Crippen molar-refractivity contribution in [1.29, 1.82) is 0 Å². The van der Waals surface area contributed by atoms with E-state index in [0.29, 0.717) is 24.9 Å². The molecule has 3 heterocycles. The van der Waals surface area contributed by atoms with Crippen molar-refractivity contribution in [2.24, 2.45) is 17.3 Å². The zero-order valence-electron chi connectivity index (χ0n) is 24.3. The number of carbonyl (C=O) groups is 3. The molecule has 0 radical (unpaired) electrons. The third-order valence-corrected chi connectivity index (χ3v) is 8.11. The molecule has 2 fully saturated rings. The molecule has 2 N–H and O–H groups in total. The lowest BCUT2D eigenvalue weighted by Crippen LogP contribution is -2.52. The number of halogens is 3. The Kier molecular flexibility index (Phi) is 8.75. The number of nitrogens with one attached hydrogen (secondary N) is 1. The van der Waals surface area contributed by atoms with Gasteiger partial charge in [-0.2, -0.15) is 13.2 Å². The van der Waals surface area contributed by atoms with E-state index in [2.05, 4.69) is 10.3 Å². The number of benzene rings is 1. The van der Waals surface area contributed by atoms with Gasteiger partial charge in [0, 0.05) is 24.7 Å². The number of hydrogen-bond acceptors (Lipinski definition) is 6. The molecule has 5 atom stereocenters. The molecule has 2 amide bonds. The number of carbonyl (C=O) groups excluding carboxylic acids is 2. The number of aliphatic carboxylic acids is 1. The highest BCUT2D eigenvalue weighted by molar-refractivity contribution is 5.88. The van der Waals surface area contributed by atoms with Crippen molar-refractivity contribution in [2.75, 3.05) is 25.5 Å². The molecule has 1 aromatic heterocycles. The summed E-state index contributed by atoms with van der Waals surface area (Å²) in [6.45, 7) is 7.49. The fourth-order valence-electron chi connectivity index (χ4n) is 6.42. The van der Waals surface area contributed by atoms with Crippen LogP contribution in [0.25, 0.3) is 0 Å². The lowest BCUT2D eigenvalue weighted by Gasteiger charge is -2.37. The summed E-state index contributed by atoms with van der Waals surface area (Å²) >= 11 is 0. The average Bonchev–Trinajstić information content (AvgIpc) is 3.27. The van der Waals surface area contributed by atoms with Gasteiger partial charge >= 0.3 is 18.2 Å². The van der Waals surface area contributed by atoms with Gasteiger partial charge in [0.2, 0.25) is 5.91 Å². The van der Waals surface area contributed by atoms with E-state index in [1.807, 2.05) is 20.8 Å². The van der Waals surface area contributed by atoms with Crippen LogP contribution in [0.3, 0.4) is 0 Å². The summed E-state index contributed by atoms with van der Waals surface area (Å²) in [5.41, 5.74) is -0.816. The van der Waals surface area contributed by atoms with Crippen LogP contribution in [0.5, 0.6) is 0 Å². The van der Waals surface area contributed by atoms with Gasteiger partial charge in [-0.1, -0.05) is 51.1 Å². The van der Waals surface area contributed by atoms with Crippen molar-refractivity contribution >= 4 is 23.8 Å². The lowest BCUT2D eigenvalue weighted by molar-refractivity contribution is -0.154. The molecule has 2 aromatic rings. The summed E-state index contributed by atoms with van der Waals surface area (Å²) in [5.74, 6) is -3.13. The molecule has 0 aliphatic carbocycles. The molecule has 228 valence electrons. The van der Waals surface area contributed by atoms with E-state index >= 15 is 0 Å². The first-order valence-electron chi connectivity index (χ1n) is 13.9. The molecule has 0 bridgehead atoms. The predicted molar refractivity (Wildman–Crippen MR) is 148 cm³/mol. The highest BCUT2D eigenvalue weighted by atomic mass is 19.4. The maximum atomic E-state index is 14.4. The number of methoxy groups -OCH3 is 1. The minimum Gasteiger partial charge on any atom is -0.480 e. The van der Waals surface area contributed by atoms with Crippen LogP contribution < -0.4 is 5.32 Å². The molecule has 9 nitrogen and oxygen atoms in total. The Morgan fingerprint density at radius 3 is 2.33 bits per heavy atom. The number of ether oxygens (including phenoxy) is 1. The highest BCUT2D eigenvalue weighted by Gasteiger charge is 2.59. The van der Waals surface area contributed by atoms with Crippen molar-refractivity contribution < 1.29 is 37.4 Å². The average molecular weight is 591 g/mol. The number of aromatic nitrogens is 1. The monoisotopic (exact) mass is 590 g/mol. The van der Waals surface area contributed by atoms with Crippen LogP contribution in [0, 0.1) is 24.2 Å². The first-order valence-corrected chi connectivity index (χ1v) is 13.9. The topological polar surface area (TPSA) is 112 Å². The Labute approximate surface area is 243 Å². The number of amides is 2. The summed E-state index contributed by atoms with van der Waals surface area (Å²) in [7, 11) is 1.26. The number of pyridine rings is 1. The number of rotatable bonds is 5. The van der Waals surface area contributed by atoms with E-state index in [1.54, 1.807) is 30.3 Å². The molecule has 1 aromatic carbocycles. The van der Waals surface area contributed by atoms with Crippen LogP contribution in [0.2, 0.25) is 0 Å². The fraction of sp³-hybridized carbons (Fsp3) is 0.533. The van der Waals surface area contributed by atoms with Crippen molar-refractivity contribution in [3.05, 3.63) is 59.3 Å². The molecule has 2 aliphatic rings. The maximum absolute atomic E-state index is 14.4. The predicted octanol–water partition coefficient (Wildman–Crippen LogP) is 5.37. The Bertz CT molecular complexity index is 1310. The molecular formula is C30H37F3N4O5. The van der Waals surface area contributed by atoms with E-state index in [9.17, 15) is 32.7 Å². The van der Waals surface area contributed by atoms with E-state index in [-0.39, 0.29) is 18.1 Å². The number of anilines is 1. The number of nitrogens with zero attached hydrogens (tertiary/aromatic N) is 3. The van der Waals surface area contributed by atoms with Crippen molar-refractivity contribution in [2.45, 2.75) is 64.8 Å². The van der Waals surface area contributed by atoms with Gasteiger partial charge < -0.3 is 25.0 Å². The zero-order valence-corrected chi connectivity index (χ0v) is 24.3. The first kappa shape index (κ1) is 31.1. The number of alkyl halides is 3. The molecule has 2 aliphatic heterocycles. The van der Waals surface area contributed by atoms with Gasteiger partial charge in [-0.05, 0) is 42.9 Å². The van der Waals surface area contributed by atoms with E-state index < -0.39 is 65.1 Å². The Balaban J connectivity index is 1.86. The molecule has 4 rings (SSSR count). The van der Waals surface area contributed by atoms with Crippen LogP contribution in [-0.2, 0) is 20.5 Å². The molecular weight excluding hydrogens is 553 g/mol. The van der Waals surface area contributed by atoms with Gasteiger partial charge in [-0.25, -0.2) is 14.6 Å². The van der Waals surface area contributed by atoms with E-state index in [4.69, 9.17) is 4.74 Å². The zero-order chi connectivity index (χ0) is 31.0. The molecule has 4 unspecified atom stereocenters. The van der Waals surface area contributed by atoms with E-state index in [1.165, 1.54) is 23.8 Å². The van der Waals surface area contributed by atoms with Crippen molar-refractivity contribution in [1.82, 2.24) is 14.8 Å². The summed E-state index contributed by atoms with van der Waals surface area (Å²) in [6.07, 6.45) is -4.20. The highest BCUT2D eigenvalue weighted by Crippen LogP contribution is 2.50. The minimum atomic E-state index is -4.61. The molecule has 0 spiro atoms. The second kappa shape index (κ2) is 11.8. The van der Waals surface area contributed by atoms with Crippen LogP contribution in [0.4, 0.5) is 23.8 Å². The number of aryl methyl sites for hydroxylation is 1.